The number of carbonyl (C=O) groups excluding carboxylic acids is 2. The summed E-state index contributed by atoms with van der Waals surface area (Å²) < 4.78 is 16.6. The number of hydrogen-bond donors (Lipinski definition) is 1. The largest absolute Gasteiger partial charge is 0.503 e. The van der Waals surface area contributed by atoms with Crippen LogP contribution in [0.25, 0.3) is 11.0 Å². The molecule has 1 unspecified atom stereocenters. The van der Waals surface area contributed by atoms with Gasteiger partial charge in [0.15, 0.2) is 22.9 Å². The van der Waals surface area contributed by atoms with Crippen LogP contribution in [0.15, 0.2) is 88.5 Å². The second kappa shape index (κ2) is 8.68. The first-order valence-corrected chi connectivity index (χ1v) is 11.0. The molecule has 1 N–H and O–H groups in total. The highest BCUT2D eigenvalue weighted by molar-refractivity contribution is 6.20. The van der Waals surface area contributed by atoms with Gasteiger partial charge in [0.05, 0.1) is 25.8 Å². The summed E-state index contributed by atoms with van der Waals surface area (Å²) in [6.45, 7) is 1.91. The Hall–Kier alpha value is -4.52. The number of amides is 1. The van der Waals surface area contributed by atoms with Crippen molar-refractivity contribution in [3.8, 4) is 11.5 Å². The van der Waals surface area contributed by atoms with E-state index in [9.17, 15) is 14.7 Å². The van der Waals surface area contributed by atoms with Gasteiger partial charge in [0.25, 0.3) is 5.91 Å². The summed E-state index contributed by atoms with van der Waals surface area (Å²) in [4.78, 5) is 28.6. The Morgan fingerprint density at radius 1 is 0.971 bits per heavy atom. The maximum Gasteiger partial charge on any atom is 0.294 e. The minimum atomic E-state index is -0.887. The van der Waals surface area contributed by atoms with Crippen molar-refractivity contribution in [2.75, 3.05) is 19.1 Å². The zero-order valence-electron chi connectivity index (χ0n) is 19.4. The van der Waals surface area contributed by atoms with Gasteiger partial charge in [-0.2, -0.15) is 0 Å². The topological polar surface area (TPSA) is 89.2 Å². The van der Waals surface area contributed by atoms with E-state index in [1.807, 2.05) is 25.1 Å². The third-order valence-electron chi connectivity index (χ3n) is 6.09. The van der Waals surface area contributed by atoms with E-state index in [4.69, 9.17) is 13.9 Å². The smallest absolute Gasteiger partial charge is 0.294 e. The fraction of sp³-hybridized carbons (Fsp3) is 0.143. The van der Waals surface area contributed by atoms with Gasteiger partial charge in [-0.15, -0.1) is 0 Å². The van der Waals surface area contributed by atoms with E-state index in [1.165, 1.54) is 12.0 Å². The fourth-order valence-electron chi connectivity index (χ4n) is 4.45. The quantitative estimate of drug-likeness (QED) is 0.373. The minimum absolute atomic E-state index is 0.00200. The fourth-order valence-corrected chi connectivity index (χ4v) is 4.45. The standard InChI is InChI=1S/C28H23NO6/c1-16-7-4-10-19(13-16)29-24(17-8-5-11-20(14-17)33-2)23(26(31)28(29)32)25(30)22-15-18-9-6-12-21(34-3)27(18)35-22/h4-15,24,31H,1-3H3. The molecule has 0 spiro atoms. The van der Waals surface area contributed by atoms with Gasteiger partial charge in [0.2, 0.25) is 5.78 Å². The van der Waals surface area contributed by atoms with Gasteiger partial charge in [0, 0.05) is 11.1 Å². The number of ether oxygens (including phenoxy) is 2. The van der Waals surface area contributed by atoms with Crippen LogP contribution in [0.2, 0.25) is 0 Å². The highest BCUT2D eigenvalue weighted by Crippen LogP contribution is 2.43. The van der Waals surface area contributed by atoms with Crippen molar-refractivity contribution >= 4 is 28.3 Å². The number of methoxy groups -OCH3 is 2. The number of carbonyl (C=O) groups is 2. The molecule has 5 rings (SSSR count). The molecule has 1 atom stereocenters. The van der Waals surface area contributed by atoms with Gasteiger partial charge in [0.1, 0.15) is 5.75 Å². The molecular weight excluding hydrogens is 446 g/mol. The number of aliphatic hydroxyl groups is 1. The number of fused-ring (bicyclic) bond motifs is 1. The van der Waals surface area contributed by atoms with E-state index in [0.29, 0.717) is 33.7 Å². The Morgan fingerprint density at radius 3 is 2.49 bits per heavy atom. The minimum Gasteiger partial charge on any atom is -0.503 e. The number of aryl methyl sites for hydroxylation is 1. The third kappa shape index (κ3) is 3.71. The van der Waals surface area contributed by atoms with Crippen LogP contribution in [0.5, 0.6) is 11.5 Å². The van der Waals surface area contributed by atoms with Crippen molar-refractivity contribution < 1.29 is 28.6 Å². The van der Waals surface area contributed by atoms with Crippen molar-refractivity contribution in [1.82, 2.24) is 0 Å². The number of hydrogen-bond acceptors (Lipinski definition) is 6. The van der Waals surface area contributed by atoms with Gasteiger partial charge in [-0.3, -0.25) is 14.5 Å². The summed E-state index contributed by atoms with van der Waals surface area (Å²) in [5.41, 5.74) is 2.45. The Morgan fingerprint density at radius 2 is 1.74 bits per heavy atom. The maximum atomic E-state index is 13.8. The molecule has 0 saturated carbocycles. The first-order chi connectivity index (χ1) is 16.9. The summed E-state index contributed by atoms with van der Waals surface area (Å²) in [5, 5.41) is 11.7. The van der Waals surface area contributed by atoms with E-state index < -0.39 is 23.5 Å². The number of para-hydroxylation sites is 1. The van der Waals surface area contributed by atoms with Crippen LogP contribution in [-0.2, 0) is 4.79 Å². The molecule has 0 saturated heterocycles. The molecule has 4 aromatic rings. The van der Waals surface area contributed by atoms with Crippen molar-refractivity contribution in [2.24, 2.45) is 0 Å². The van der Waals surface area contributed by atoms with Crippen molar-refractivity contribution in [1.29, 1.82) is 0 Å². The number of ketones is 1. The van der Waals surface area contributed by atoms with Gasteiger partial charge in [-0.25, -0.2) is 0 Å². The number of furan rings is 1. The predicted molar refractivity (Wildman–Crippen MR) is 131 cm³/mol. The lowest BCUT2D eigenvalue weighted by molar-refractivity contribution is -0.117. The molecule has 7 nitrogen and oxygen atoms in total. The van der Waals surface area contributed by atoms with Crippen LogP contribution in [-0.4, -0.2) is 31.0 Å². The number of Topliss-reactive ketones (excluding diaryl/α,β-unsaturated/α-hetero) is 1. The molecule has 35 heavy (non-hydrogen) atoms. The van der Waals surface area contributed by atoms with Gasteiger partial charge in [-0.1, -0.05) is 36.4 Å². The summed E-state index contributed by atoms with van der Waals surface area (Å²) in [6.07, 6.45) is 0. The molecule has 0 fully saturated rings. The Kier molecular flexibility index (Phi) is 5.53. The van der Waals surface area contributed by atoms with E-state index in [1.54, 1.807) is 61.7 Å². The molecule has 1 aromatic heterocycles. The Bertz CT molecular complexity index is 1500. The van der Waals surface area contributed by atoms with E-state index >= 15 is 0 Å². The van der Waals surface area contributed by atoms with Crippen molar-refractivity contribution in [3.05, 3.63) is 101 Å². The predicted octanol–water partition coefficient (Wildman–Crippen LogP) is 5.54. The second-order valence-corrected chi connectivity index (χ2v) is 8.27. The zero-order valence-corrected chi connectivity index (χ0v) is 19.4. The van der Waals surface area contributed by atoms with Crippen LogP contribution in [0.3, 0.4) is 0 Å². The SMILES string of the molecule is COc1cccc(C2C(C(=O)c3cc4cccc(OC)c4o3)=C(O)C(=O)N2c2cccc(C)c2)c1. The molecule has 0 bridgehead atoms. The van der Waals surface area contributed by atoms with E-state index in [-0.39, 0.29) is 11.3 Å². The van der Waals surface area contributed by atoms with Crippen LogP contribution >= 0.6 is 0 Å². The highest BCUT2D eigenvalue weighted by atomic mass is 16.5. The zero-order chi connectivity index (χ0) is 24.7. The lowest BCUT2D eigenvalue weighted by Gasteiger charge is -2.27. The van der Waals surface area contributed by atoms with E-state index in [2.05, 4.69) is 0 Å². The number of benzene rings is 3. The molecule has 1 aliphatic heterocycles. The maximum absolute atomic E-state index is 13.8. The van der Waals surface area contributed by atoms with Crippen molar-refractivity contribution in [2.45, 2.75) is 13.0 Å². The average Bonchev–Trinajstić information content (AvgIpc) is 3.43. The molecule has 3 aromatic carbocycles. The monoisotopic (exact) mass is 469 g/mol. The molecular formula is C28H23NO6. The summed E-state index contributed by atoms with van der Waals surface area (Å²) in [7, 11) is 3.06. The Balaban J connectivity index is 1.68. The highest BCUT2D eigenvalue weighted by Gasteiger charge is 2.45. The molecule has 7 heteroatoms. The molecule has 1 aliphatic rings. The van der Waals surface area contributed by atoms with E-state index in [0.717, 1.165) is 5.56 Å². The first-order valence-electron chi connectivity index (χ1n) is 11.0. The summed E-state index contributed by atoms with van der Waals surface area (Å²) in [6, 6.07) is 20.4. The lowest BCUT2D eigenvalue weighted by atomic mass is 9.94. The Labute approximate surface area is 201 Å². The summed E-state index contributed by atoms with van der Waals surface area (Å²) in [5.74, 6) is -0.828. The second-order valence-electron chi connectivity index (χ2n) is 8.27. The van der Waals surface area contributed by atoms with Crippen LogP contribution < -0.4 is 14.4 Å². The molecule has 0 aliphatic carbocycles. The number of nitrogens with zero attached hydrogens (tertiary/aromatic N) is 1. The normalized spacial score (nSPS) is 15.7. The van der Waals surface area contributed by atoms with Crippen LogP contribution in [0.4, 0.5) is 5.69 Å². The number of anilines is 1. The first kappa shape index (κ1) is 22.3. The van der Waals surface area contributed by atoms with Gasteiger partial charge < -0.3 is 19.0 Å². The number of rotatable bonds is 6. The number of aliphatic hydroxyl groups excluding tert-OH is 1. The van der Waals surface area contributed by atoms with Crippen LogP contribution in [0, 0.1) is 6.92 Å². The lowest BCUT2D eigenvalue weighted by Crippen LogP contribution is -2.31. The van der Waals surface area contributed by atoms with Gasteiger partial charge in [-0.05, 0) is 54.4 Å². The van der Waals surface area contributed by atoms with Gasteiger partial charge >= 0.3 is 0 Å². The average molecular weight is 469 g/mol. The summed E-state index contributed by atoms with van der Waals surface area (Å²) >= 11 is 0. The van der Waals surface area contributed by atoms with Crippen molar-refractivity contribution in [3.63, 3.8) is 0 Å². The molecule has 2 heterocycles. The molecule has 176 valence electrons. The van der Waals surface area contributed by atoms with Crippen LogP contribution in [0.1, 0.15) is 27.7 Å². The third-order valence-corrected chi connectivity index (χ3v) is 6.09. The molecule has 0 radical (unpaired) electrons. The molecule has 1 amide bonds.